The highest BCUT2D eigenvalue weighted by Crippen LogP contribution is 2.24. The highest BCUT2D eigenvalue weighted by molar-refractivity contribution is 5.38. The van der Waals surface area contributed by atoms with Crippen molar-refractivity contribution >= 4 is 11.9 Å². The van der Waals surface area contributed by atoms with Gasteiger partial charge >= 0.3 is 6.01 Å². The van der Waals surface area contributed by atoms with Crippen LogP contribution in [0.15, 0.2) is 0 Å². The van der Waals surface area contributed by atoms with Crippen LogP contribution in [0.5, 0.6) is 6.01 Å². The van der Waals surface area contributed by atoms with Gasteiger partial charge in [0, 0.05) is 11.6 Å². The van der Waals surface area contributed by atoms with Gasteiger partial charge in [-0.15, -0.1) is 0 Å². The molecule has 0 bridgehead atoms. The number of rotatable bonds is 4. The third-order valence-electron chi connectivity index (χ3n) is 2.19. The minimum absolute atomic E-state index is 0.0940. The molecule has 2 rings (SSSR count). The van der Waals surface area contributed by atoms with E-state index in [1.54, 1.807) is 7.11 Å². The first-order valence-corrected chi connectivity index (χ1v) is 5.81. The number of nitrogens with one attached hydrogen (secondary N) is 2. The summed E-state index contributed by atoms with van der Waals surface area (Å²) in [5, 5.41) is 6.44. The van der Waals surface area contributed by atoms with Crippen molar-refractivity contribution in [2.45, 2.75) is 45.2 Å². The second kappa shape index (κ2) is 4.35. The van der Waals surface area contributed by atoms with Crippen LogP contribution in [0, 0.1) is 0 Å². The third kappa shape index (κ3) is 3.72. The van der Waals surface area contributed by atoms with Crippen LogP contribution in [-0.4, -0.2) is 33.6 Å². The number of anilines is 2. The zero-order valence-corrected chi connectivity index (χ0v) is 10.7. The highest BCUT2D eigenvalue weighted by Gasteiger charge is 2.23. The Bertz CT molecular complexity index is 397. The molecular formula is C11H19N5O. The van der Waals surface area contributed by atoms with Gasteiger partial charge in [0.05, 0.1) is 7.11 Å². The molecule has 17 heavy (non-hydrogen) atoms. The fourth-order valence-corrected chi connectivity index (χ4v) is 1.31. The maximum absolute atomic E-state index is 5.07. The van der Waals surface area contributed by atoms with Gasteiger partial charge in [0.15, 0.2) is 0 Å². The van der Waals surface area contributed by atoms with Crippen LogP contribution in [0.25, 0.3) is 0 Å². The van der Waals surface area contributed by atoms with Crippen molar-refractivity contribution in [2.75, 3.05) is 17.7 Å². The first kappa shape index (κ1) is 11.9. The summed E-state index contributed by atoms with van der Waals surface area (Å²) >= 11 is 0. The number of hydrogen-bond donors (Lipinski definition) is 2. The molecule has 0 radical (unpaired) electrons. The van der Waals surface area contributed by atoms with Crippen molar-refractivity contribution in [3.05, 3.63) is 0 Å². The van der Waals surface area contributed by atoms with Gasteiger partial charge in [0.1, 0.15) is 0 Å². The minimum atomic E-state index is -0.0940. The molecule has 0 aliphatic heterocycles. The van der Waals surface area contributed by atoms with E-state index < -0.39 is 0 Å². The second-order valence-corrected chi connectivity index (χ2v) is 5.26. The molecule has 0 atom stereocenters. The van der Waals surface area contributed by atoms with E-state index in [2.05, 4.69) is 46.4 Å². The molecule has 0 spiro atoms. The largest absolute Gasteiger partial charge is 0.467 e. The van der Waals surface area contributed by atoms with E-state index in [1.807, 2.05) is 0 Å². The third-order valence-corrected chi connectivity index (χ3v) is 2.19. The highest BCUT2D eigenvalue weighted by atomic mass is 16.5. The van der Waals surface area contributed by atoms with Gasteiger partial charge in [-0.05, 0) is 33.6 Å². The van der Waals surface area contributed by atoms with Gasteiger partial charge < -0.3 is 15.4 Å². The van der Waals surface area contributed by atoms with E-state index in [0.717, 1.165) is 0 Å². The fourth-order valence-electron chi connectivity index (χ4n) is 1.31. The van der Waals surface area contributed by atoms with Crippen LogP contribution in [-0.2, 0) is 0 Å². The van der Waals surface area contributed by atoms with Crippen molar-refractivity contribution in [2.24, 2.45) is 0 Å². The Morgan fingerprint density at radius 3 is 2.29 bits per heavy atom. The smallest absolute Gasteiger partial charge is 0.322 e. The molecule has 1 saturated carbocycles. The molecule has 1 fully saturated rings. The van der Waals surface area contributed by atoms with Crippen molar-refractivity contribution in [3.8, 4) is 6.01 Å². The molecule has 1 aromatic heterocycles. The molecule has 1 heterocycles. The van der Waals surface area contributed by atoms with Crippen molar-refractivity contribution in [1.82, 2.24) is 15.0 Å². The zero-order chi connectivity index (χ0) is 12.5. The molecule has 1 aliphatic rings. The average molecular weight is 237 g/mol. The molecule has 0 unspecified atom stereocenters. The first-order chi connectivity index (χ1) is 7.96. The summed E-state index contributed by atoms with van der Waals surface area (Å²) < 4.78 is 5.07. The van der Waals surface area contributed by atoms with Crippen LogP contribution < -0.4 is 15.4 Å². The summed E-state index contributed by atoms with van der Waals surface area (Å²) in [5.41, 5.74) is -0.0940. The summed E-state index contributed by atoms with van der Waals surface area (Å²) in [7, 11) is 1.55. The quantitative estimate of drug-likeness (QED) is 0.830. The molecule has 6 heteroatoms. The van der Waals surface area contributed by atoms with Crippen molar-refractivity contribution in [3.63, 3.8) is 0 Å². The number of aromatic nitrogens is 3. The Kier molecular flexibility index (Phi) is 3.04. The van der Waals surface area contributed by atoms with Crippen LogP contribution in [0.1, 0.15) is 33.6 Å². The van der Waals surface area contributed by atoms with Crippen LogP contribution in [0.3, 0.4) is 0 Å². The van der Waals surface area contributed by atoms with Crippen LogP contribution in [0.2, 0.25) is 0 Å². The predicted molar refractivity (Wildman–Crippen MR) is 66.4 cm³/mol. The lowest BCUT2D eigenvalue weighted by Gasteiger charge is -2.20. The molecule has 0 saturated heterocycles. The standard InChI is InChI=1S/C11H19N5O/c1-11(2,3)16-9-13-8(12-7-5-6-7)14-10(15-9)17-4/h7H,5-6H2,1-4H3,(H2,12,13,14,15,16). The molecule has 94 valence electrons. The Morgan fingerprint density at radius 2 is 1.76 bits per heavy atom. The first-order valence-electron chi connectivity index (χ1n) is 5.81. The summed E-state index contributed by atoms with van der Waals surface area (Å²) in [6.45, 7) is 6.16. The van der Waals surface area contributed by atoms with Gasteiger partial charge in [-0.25, -0.2) is 0 Å². The van der Waals surface area contributed by atoms with Crippen molar-refractivity contribution in [1.29, 1.82) is 0 Å². The fraction of sp³-hybridized carbons (Fsp3) is 0.727. The number of methoxy groups -OCH3 is 1. The van der Waals surface area contributed by atoms with Crippen molar-refractivity contribution < 1.29 is 4.74 Å². The molecule has 1 aliphatic carbocycles. The van der Waals surface area contributed by atoms with Gasteiger partial charge in [-0.3, -0.25) is 0 Å². The average Bonchev–Trinajstić information content (AvgIpc) is 2.98. The normalized spacial score (nSPS) is 15.5. The summed E-state index contributed by atoms with van der Waals surface area (Å²) in [5.74, 6) is 1.11. The van der Waals surface area contributed by atoms with E-state index in [1.165, 1.54) is 12.8 Å². The molecule has 0 aromatic carbocycles. The molecule has 2 N–H and O–H groups in total. The Hall–Kier alpha value is -1.59. The number of hydrogen-bond acceptors (Lipinski definition) is 6. The predicted octanol–water partition coefficient (Wildman–Crippen LogP) is 1.66. The van der Waals surface area contributed by atoms with E-state index in [0.29, 0.717) is 23.9 Å². The molecule has 6 nitrogen and oxygen atoms in total. The maximum atomic E-state index is 5.07. The van der Waals surface area contributed by atoms with Gasteiger partial charge in [-0.2, -0.15) is 15.0 Å². The molecule has 0 amide bonds. The molecular weight excluding hydrogens is 218 g/mol. The second-order valence-electron chi connectivity index (χ2n) is 5.26. The maximum Gasteiger partial charge on any atom is 0.322 e. The van der Waals surface area contributed by atoms with Gasteiger partial charge in [0.25, 0.3) is 0 Å². The lowest BCUT2D eigenvalue weighted by molar-refractivity contribution is 0.379. The Morgan fingerprint density at radius 1 is 1.12 bits per heavy atom. The summed E-state index contributed by atoms with van der Waals surface area (Å²) in [6.07, 6.45) is 2.35. The molecule has 1 aromatic rings. The number of nitrogens with zero attached hydrogens (tertiary/aromatic N) is 3. The van der Waals surface area contributed by atoms with Crippen LogP contribution in [0.4, 0.5) is 11.9 Å². The lowest BCUT2D eigenvalue weighted by Crippen LogP contribution is -2.27. The van der Waals surface area contributed by atoms with Gasteiger partial charge in [-0.1, -0.05) is 0 Å². The zero-order valence-electron chi connectivity index (χ0n) is 10.7. The van der Waals surface area contributed by atoms with E-state index >= 15 is 0 Å². The Labute approximate surface area is 101 Å². The van der Waals surface area contributed by atoms with E-state index in [-0.39, 0.29) is 5.54 Å². The van der Waals surface area contributed by atoms with Gasteiger partial charge in [0.2, 0.25) is 11.9 Å². The van der Waals surface area contributed by atoms with E-state index in [4.69, 9.17) is 4.74 Å². The lowest BCUT2D eigenvalue weighted by atomic mass is 10.1. The topological polar surface area (TPSA) is 72.0 Å². The summed E-state index contributed by atoms with van der Waals surface area (Å²) in [6, 6.07) is 0.833. The van der Waals surface area contributed by atoms with Crippen LogP contribution >= 0.6 is 0 Å². The SMILES string of the molecule is COc1nc(NC2CC2)nc(NC(C)(C)C)n1. The monoisotopic (exact) mass is 237 g/mol. The Balaban J connectivity index is 2.18. The number of ether oxygens (including phenoxy) is 1. The summed E-state index contributed by atoms with van der Waals surface area (Å²) in [4.78, 5) is 12.7. The minimum Gasteiger partial charge on any atom is -0.467 e. The van der Waals surface area contributed by atoms with E-state index in [9.17, 15) is 0 Å².